The van der Waals surface area contributed by atoms with Crippen molar-refractivity contribution in [3.05, 3.63) is 81.9 Å². The summed E-state index contributed by atoms with van der Waals surface area (Å²) in [7, 11) is 0. The van der Waals surface area contributed by atoms with Gasteiger partial charge in [-0.3, -0.25) is 9.78 Å². The Labute approximate surface area is 303 Å². The Morgan fingerprint density at radius 1 is 0.833 bits per heavy atom. The van der Waals surface area contributed by atoms with Crippen LogP contribution < -0.4 is 0 Å². The number of hydrogen-bond donors (Lipinski definition) is 1. The van der Waals surface area contributed by atoms with Crippen molar-refractivity contribution < 1.29 is 30.0 Å². The first-order valence-electron chi connectivity index (χ1n) is 17.6. The molecule has 0 atom stereocenters. The zero-order valence-electron chi connectivity index (χ0n) is 31.6. The Morgan fingerprint density at radius 2 is 1.48 bits per heavy atom. The maximum atomic E-state index is 11.8. The number of nitrogens with zero attached hydrogens (tertiary/aromatic N) is 2. The van der Waals surface area contributed by atoms with Crippen molar-refractivity contribution in [1.82, 2.24) is 9.97 Å². The van der Waals surface area contributed by atoms with Gasteiger partial charge in [-0.15, -0.1) is 34.9 Å². The molecule has 5 heteroatoms. The number of aryl methyl sites for hydroxylation is 1. The number of rotatable bonds is 5. The molecular weight excluding hydrogens is 769 g/mol. The molecular formula is C43H57IrN2O2-. The standard InChI is InChI=1S/C31H35N2.C12H22O2.Ir/c1-18(2)23-16-22-14-15-26-29(25-13-9-11-21-10-7-8-12-24(21)25)32-31(20(5)6)33-30(26)28(22)27(17-23)19(3)4;1-8(9(13)11(2,3)4)10(14)12(5,6)7;/h9,11,14-20H,7-8,10,12H2,1-6H3;13H,1-7H3;/q-1;;/b;9-8-;. The summed E-state index contributed by atoms with van der Waals surface area (Å²) in [5.74, 6) is 2.31. The van der Waals surface area contributed by atoms with E-state index in [1.165, 1.54) is 51.4 Å². The minimum atomic E-state index is -0.427. The number of Topliss-reactive ketones (excluding diaryl/α,β-unsaturated/α-hetero) is 1. The molecule has 1 aromatic heterocycles. The second-order valence-corrected chi connectivity index (χ2v) is 16.4. The average molecular weight is 826 g/mol. The Morgan fingerprint density at radius 3 is 2.04 bits per heavy atom. The molecule has 261 valence electrons. The molecule has 4 aromatic rings. The van der Waals surface area contributed by atoms with Crippen molar-refractivity contribution in [3.8, 4) is 11.3 Å². The molecule has 3 aromatic carbocycles. The third kappa shape index (κ3) is 8.45. The van der Waals surface area contributed by atoms with E-state index in [2.05, 4.69) is 84.0 Å². The van der Waals surface area contributed by atoms with Crippen LogP contribution in [0.4, 0.5) is 0 Å². The fourth-order valence-electron chi connectivity index (χ4n) is 6.52. The van der Waals surface area contributed by atoms with Gasteiger partial charge in [-0.1, -0.05) is 127 Å². The predicted molar refractivity (Wildman–Crippen MR) is 199 cm³/mol. The summed E-state index contributed by atoms with van der Waals surface area (Å²) in [6.45, 7) is 26.5. The van der Waals surface area contributed by atoms with E-state index < -0.39 is 5.41 Å². The van der Waals surface area contributed by atoms with Crippen LogP contribution in [-0.4, -0.2) is 20.9 Å². The normalized spacial score (nSPS) is 14.1. The smallest absolute Gasteiger partial charge is 0.167 e. The van der Waals surface area contributed by atoms with Crippen LogP contribution in [0, 0.1) is 16.9 Å². The Balaban J connectivity index is 0.000000356. The number of hydrogen-bond acceptors (Lipinski definition) is 4. The second kappa shape index (κ2) is 15.3. The van der Waals surface area contributed by atoms with Gasteiger partial charge in [0.25, 0.3) is 0 Å². The van der Waals surface area contributed by atoms with Gasteiger partial charge in [0.15, 0.2) is 5.78 Å². The molecule has 5 rings (SSSR count). The molecule has 48 heavy (non-hydrogen) atoms. The van der Waals surface area contributed by atoms with Gasteiger partial charge in [-0.2, -0.15) is 0 Å². The van der Waals surface area contributed by atoms with Crippen LogP contribution in [0.15, 0.2) is 47.7 Å². The van der Waals surface area contributed by atoms with Crippen LogP contribution in [0.25, 0.3) is 32.9 Å². The van der Waals surface area contributed by atoms with E-state index in [0.717, 1.165) is 35.3 Å². The third-order valence-electron chi connectivity index (χ3n) is 9.30. The predicted octanol–water partition coefficient (Wildman–Crippen LogP) is 12.0. The molecule has 0 spiro atoms. The van der Waals surface area contributed by atoms with Crippen molar-refractivity contribution in [2.24, 2.45) is 10.8 Å². The van der Waals surface area contributed by atoms with Crippen molar-refractivity contribution in [2.75, 3.05) is 0 Å². The number of ketones is 1. The molecule has 0 unspecified atom stereocenters. The van der Waals surface area contributed by atoms with Gasteiger partial charge in [0.1, 0.15) is 11.6 Å². The fourth-order valence-corrected chi connectivity index (χ4v) is 6.52. The van der Waals surface area contributed by atoms with E-state index >= 15 is 0 Å². The number of aliphatic hydroxyl groups is 1. The van der Waals surface area contributed by atoms with Gasteiger partial charge in [-0.25, -0.2) is 4.98 Å². The van der Waals surface area contributed by atoms with Gasteiger partial charge in [0, 0.05) is 47.8 Å². The van der Waals surface area contributed by atoms with E-state index in [1.54, 1.807) is 6.92 Å². The van der Waals surface area contributed by atoms with E-state index in [4.69, 9.17) is 9.97 Å². The second-order valence-electron chi connectivity index (χ2n) is 16.4. The molecule has 1 aliphatic rings. The summed E-state index contributed by atoms with van der Waals surface area (Å²) in [5.41, 5.74) is 8.74. The molecule has 0 fully saturated rings. The monoisotopic (exact) mass is 826 g/mol. The van der Waals surface area contributed by atoms with Gasteiger partial charge < -0.3 is 5.11 Å². The SMILES string of the molecule is C/C(C(=O)C(C)(C)C)=C(/O)C(C)(C)C.CC(C)c1cc(C(C)C)c2c(ccc3c(-c4[c-]ccc5c4CCCC5)nc(C(C)C)nc32)c1.[Ir]. The largest absolute Gasteiger partial charge is 0.511 e. The fraction of sp³-hybridized carbons (Fsp3) is 0.512. The Kier molecular flexibility index (Phi) is 12.6. The first-order chi connectivity index (χ1) is 21.8. The maximum Gasteiger partial charge on any atom is 0.167 e. The molecule has 0 amide bonds. The van der Waals surface area contributed by atoms with Crippen LogP contribution in [0.5, 0.6) is 0 Å². The van der Waals surface area contributed by atoms with Crippen LogP contribution in [0.1, 0.15) is 149 Å². The van der Waals surface area contributed by atoms with Crippen molar-refractivity contribution in [1.29, 1.82) is 0 Å². The van der Waals surface area contributed by atoms with Gasteiger partial charge >= 0.3 is 0 Å². The van der Waals surface area contributed by atoms with E-state index in [0.29, 0.717) is 17.4 Å². The molecule has 1 N–H and O–H groups in total. The molecule has 0 bridgehead atoms. The zero-order chi connectivity index (χ0) is 35.0. The summed E-state index contributed by atoms with van der Waals surface area (Å²) in [6, 6.07) is 17.2. The van der Waals surface area contributed by atoms with E-state index in [9.17, 15) is 9.90 Å². The quantitative estimate of drug-likeness (QED) is 0.0942. The first kappa shape index (κ1) is 39.6. The topological polar surface area (TPSA) is 63.1 Å². The number of fused-ring (bicyclic) bond motifs is 4. The molecule has 0 saturated carbocycles. The van der Waals surface area contributed by atoms with Crippen molar-refractivity contribution in [2.45, 2.75) is 133 Å². The third-order valence-corrected chi connectivity index (χ3v) is 9.30. The number of aromatic nitrogens is 2. The molecule has 1 heterocycles. The van der Waals surface area contributed by atoms with Crippen molar-refractivity contribution in [3.63, 3.8) is 0 Å². The minimum Gasteiger partial charge on any atom is -0.511 e. The Bertz CT molecular complexity index is 1820. The number of carbonyl (C=O) groups is 1. The average Bonchev–Trinajstić information content (AvgIpc) is 3.01. The van der Waals surface area contributed by atoms with Crippen LogP contribution in [-0.2, 0) is 37.7 Å². The van der Waals surface area contributed by atoms with Crippen molar-refractivity contribution >= 4 is 27.5 Å². The van der Waals surface area contributed by atoms with E-state index in [1.807, 2.05) is 41.5 Å². The summed E-state index contributed by atoms with van der Waals surface area (Å²) in [4.78, 5) is 22.2. The Hall–Kier alpha value is -2.88. The van der Waals surface area contributed by atoms with Gasteiger partial charge in [0.2, 0.25) is 0 Å². The first-order valence-corrected chi connectivity index (χ1v) is 17.6. The van der Waals surface area contributed by atoms with Crippen LogP contribution in [0.3, 0.4) is 0 Å². The molecule has 1 aliphatic carbocycles. The van der Waals surface area contributed by atoms with Gasteiger partial charge in [-0.05, 0) is 52.8 Å². The summed E-state index contributed by atoms with van der Waals surface area (Å²) >= 11 is 0. The number of carbonyl (C=O) groups excluding carboxylic acids is 1. The van der Waals surface area contributed by atoms with E-state index in [-0.39, 0.29) is 43.0 Å². The minimum absolute atomic E-state index is 0. The molecule has 4 nitrogen and oxygen atoms in total. The molecule has 0 saturated heterocycles. The molecule has 0 aliphatic heterocycles. The summed E-state index contributed by atoms with van der Waals surface area (Å²) < 4.78 is 0. The van der Waals surface area contributed by atoms with Crippen LogP contribution >= 0.6 is 0 Å². The number of allylic oxidation sites excluding steroid dienone is 2. The van der Waals surface area contributed by atoms with Crippen LogP contribution in [0.2, 0.25) is 0 Å². The zero-order valence-corrected chi connectivity index (χ0v) is 34.0. The number of benzene rings is 3. The summed E-state index contributed by atoms with van der Waals surface area (Å²) in [5, 5.41) is 13.6. The molecule has 1 radical (unpaired) electrons. The summed E-state index contributed by atoms with van der Waals surface area (Å²) in [6.07, 6.45) is 4.80. The maximum absolute atomic E-state index is 11.8. The number of aliphatic hydroxyl groups excluding tert-OH is 1. The van der Waals surface area contributed by atoms with Gasteiger partial charge in [0.05, 0.1) is 5.52 Å².